The van der Waals surface area contributed by atoms with Crippen LogP contribution in [0.4, 0.5) is 0 Å². The van der Waals surface area contributed by atoms with Gasteiger partial charge in [0.1, 0.15) is 11.5 Å². The molecular weight excluding hydrogens is 543 g/mol. The Labute approximate surface area is 207 Å². The summed E-state index contributed by atoms with van der Waals surface area (Å²) >= 11 is 21.2. The molecule has 0 spiro atoms. The number of carbonyl (C=O) groups is 2. The number of ether oxygens (including phenoxy) is 2. The van der Waals surface area contributed by atoms with Crippen LogP contribution in [0.5, 0.6) is 11.5 Å². The molecule has 3 aromatic carbocycles. The van der Waals surface area contributed by atoms with E-state index in [0.717, 1.165) is 4.47 Å². The third-order valence-corrected chi connectivity index (χ3v) is 5.27. The maximum absolute atomic E-state index is 12.5. The normalized spacial score (nSPS) is 10.8. The molecule has 0 fully saturated rings. The van der Waals surface area contributed by atoms with Crippen LogP contribution in [0.2, 0.25) is 15.1 Å². The molecule has 0 aliphatic carbocycles. The lowest BCUT2D eigenvalue weighted by molar-refractivity contribution is -0.123. The third kappa shape index (κ3) is 6.71. The Bertz CT molecular complexity index is 1190. The molecule has 0 atom stereocenters. The molecule has 6 nitrogen and oxygen atoms in total. The standard InChI is InChI=1S/C22H14BrCl3N2O4/c23-14-5-7-19(32-22(30)16-3-1-2-4-17(16)25)13(9-14)11-27-28-21(29)12-31-20-8-6-15(24)10-18(20)26/h1-11H,12H2,(H,28,29). The fraction of sp³-hybridized carbons (Fsp3) is 0.0455. The molecule has 0 saturated heterocycles. The van der Waals surface area contributed by atoms with Gasteiger partial charge in [0.05, 0.1) is 21.8 Å². The molecule has 0 unspecified atom stereocenters. The summed E-state index contributed by atoms with van der Waals surface area (Å²) in [6.07, 6.45) is 1.34. The zero-order valence-electron chi connectivity index (χ0n) is 16.2. The predicted octanol–water partition coefficient (Wildman–Crippen LogP) is 6.16. The van der Waals surface area contributed by atoms with Gasteiger partial charge >= 0.3 is 5.97 Å². The van der Waals surface area contributed by atoms with E-state index >= 15 is 0 Å². The van der Waals surface area contributed by atoms with Crippen LogP contribution in [-0.2, 0) is 4.79 Å². The van der Waals surface area contributed by atoms with Crippen molar-refractivity contribution in [2.24, 2.45) is 5.10 Å². The maximum Gasteiger partial charge on any atom is 0.345 e. The number of rotatable bonds is 7. The second kappa shape index (κ2) is 11.3. The molecule has 0 aromatic heterocycles. The van der Waals surface area contributed by atoms with E-state index in [2.05, 4.69) is 26.5 Å². The average molecular weight is 557 g/mol. The summed E-state index contributed by atoms with van der Waals surface area (Å²) in [5.74, 6) is -0.585. The quantitative estimate of drug-likeness (QED) is 0.164. The molecule has 3 rings (SSSR count). The molecule has 10 heteroatoms. The highest BCUT2D eigenvalue weighted by Crippen LogP contribution is 2.27. The lowest BCUT2D eigenvalue weighted by atomic mass is 10.2. The summed E-state index contributed by atoms with van der Waals surface area (Å²) in [5, 5.41) is 4.91. The minimum atomic E-state index is -0.621. The molecule has 32 heavy (non-hydrogen) atoms. The number of esters is 1. The average Bonchev–Trinajstić information content (AvgIpc) is 2.75. The molecule has 1 amide bonds. The monoisotopic (exact) mass is 554 g/mol. The Morgan fingerprint density at radius 2 is 1.72 bits per heavy atom. The number of carbonyl (C=O) groups excluding carboxylic acids is 2. The topological polar surface area (TPSA) is 77.0 Å². The Kier molecular flexibility index (Phi) is 8.53. The van der Waals surface area contributed by atoms with Gasteiger partial charge in [0, 0.05) is 15.1 Å². The van der Waals surface area contributed by atoms with Crippen molar-refractivity contribution in [1.82, 2.24) is 5.43 Å². The van der Waals surface area contributed by atoms with Gasteiger partial charge in [-0.1, -0.05) is 62.9 Å². The minimum absolute atomic E-state index is 0.228. The highest BCUT2D eigenvalue weighted by atomic mass is 79.9. The fourth-order valence-electron chi connectivity index (χ4n) is 2.44. The Morgan fingerprint density at radius 3 is 2.47 bits per heavy atom. The summed E-state index contributed by atoms with van der Waals surface area (Å²) < 4.78 is 11.5. The van der Waals surface area contributed by atoms with Crippen LogP contribution >= 0.6 is 50.7 Å². The molecule has 0 bridgehead atoms. The van der Waals surface area contributed by atoms with E-state index in [-0.39, 0.29) is 28.0 Å². The van der Waals surface area contributed by atoms with E-state index in [1.54, 1.807) is 54.6 Å². The van der Waals surface area contributed by atoms with Crippen LogP contribution in [-0.4, -0.2) is 24.7 Å². The summed E-state index contributed by atoms with van der Waals surface area (Å²) in [7, 11) is 0. The van der Waals surface area contributed by atoms with Gasteiger partial charge in [-0.25, -0.2) is 10.2 Å². The van der Waals surface area contributed by atoms with Crippen molar-refractivity contribution < 1.29 is 19.1 Å². The SMILES string of the molecule is O=C(COc1ccc(Cl)cc1Cl)NN=Cc1cc(Br)ccc1OC(=O)c1ccccc1Cl. The Hall–Kier alpha value is -2.58. The number of amides is 1. The van der Waals surface area contributed by atoms with E-state index in [1.807, 2.05) is 0 Å². The van der Waals surface area contributed by atoms with E-state index in [9.17, 15) is 9.59 Å². The van der Waals surface area contributed by atoms with Crippen molar-refractivity contribution in [2.45, 2.75) is 0 Å². The lowest BCUT2D eigenvalue weighted by Gasteiger charge is -2.09. The molecule has 0 aliphatic rings. The minimum Gasteiger partial charge on any atom is -0.482 e. The molecule has 164 valence electrons. The Morgan fingerprint density at radius 1 is 0.969 bits per heavy atom. The first-order valence-electron chi connectivity index (χ1n) is 8.99. The summed E-state index contributed by atoms with van der Waals surface area (Å²) in [4.78, 5) is 24.5. The van der Waals surface area contributed by atoms with Crippen LogP contribution < -0.4 is 14.9 Å². The van der Waals surface area contributed by atoms with Crippen molar-refractivity contribution in [1.29, 1.82) is 0 Å². The van der Waals surface area contributed by atoms with Gasteiger partial charge < -0.3 is 9.47 Å². The maximum atomic E-state index is 12.5. The highest BCUT2D eigenvalue weighted by molar-refractivity contribution is 9.10. The lowest BCUT2D eigenvalue weighted by Crippen LogP contribution is -2.24. The van der Waals surface area contributed by atoms with Crippen LogP contribution in [0.15, 0.2) is 70.2 Å². The number of hydrogen-bond donors (Lipinski definition) is 1. The van der Waals surface area contributed by atoms with Crippen molar-refractivity contribution in [3.63, 3.8) is 0 Å². The van der Waals surface area contributed by atoms with E-state index in [0.29, 0.717) is 16.3 Å². The van der Waals surface area contributed by atoms with E-state index < -0.39 is 11.9 Å². The van der Waals surface area contributed by atoms with Crippen molar-refractivity contribution in [3.8, 4) is 11.5 Å². The number of hydrogen-bond acceptors (Lipinski definition) is 5. The first-order chi connectivity index (χ1) is 15.3. The molecule has 0 aliphatic heterocycles. The zero-order chi connectivity index (χ0) is 23.1. The predicted molar refractivity (Wildman–Crippen MR) is 128 cm³/mol. The van der Waals surface area contributed by atoms with E-state index in [4.69, 9.17) is 44.3 Å². The van der Waals surface area contributed by atoms with Gasteiger partial charge in [0.15, 0.2) is 6.61 Å². The van der Waals surface area contributed by atoms with Gasteiger partial charge in [-0.2, -0.15) is 5.10 Å². The number of halogens is 4. The van der Waals surface area contributed by atoms with Crippen molar-refractivity contribution >= 4 is 68.8 Å². The van der Waals surface area contributed by atoms with Crippen LogP contribution in [0.3, 0.4) is 0 Å². The van der Waals surface area contributed by atoms with Gasteiger partial charge in [0.25, 0.3) is 5.91 Å². The second-order valence-electron chi connectivity index (χ2n) is 6.21. The smallest absolute Gasteiger partial charge is 0.345 e. The van der Waals surface area contributed by atoms with Crippen LogP contribution in [0, 0.1) is 0 Å². The van der Waals surface area contributed by atoms with Gasteiger partial charge in [-0.3, -0.25) is 4.79 Å². The number of nitrogens with one attached hydrogen (secondary N) is 1. The number of hydrazone groups is 1. The largest absolute Gasteiger partial charge is 0.482 e. The van der Waals surface area contributed by atoms with Crippen LogP contribution in [0.25, 0.3) is 0 Å². The molecular formula is C22H14BrCl3N2O4. The van der Waals surface area contributed by atoms with Gasteiger partial charge in [-0.15, -0.1) is 0 Å². The third-order valence-electron chi connectivity index (χ3n) is 3.91. The molecule has 0 saturated carbocycles. The first kappa shape index (κ1) is 24.1. The Balaban J connectivity index is 1.63. The second-order valence-corrected chi connectivity index (χ2v) is 8.37. The molecule has 1 N–H and O–H groups in total. The molecule has 3 aromatic rings. The van der Waals surface area contributed by atoms with Gasteiger partial charge in [0.2, 0.25) is 0 Å². The first-order valence-corrected chi connectivity index (χ1v) is 10.9. The molecule has 0 radical (unpaired) electrons. The van der Waals surface area contributed by atoms with Crippen molar-refractivity contribution in [2.75, 3.05) is 6.61 Å². The summed E-state index contributed by atoms with van der Waals surface area (Å²) in [5.41, 5.74) is 3.01. The number of benzene rings is 3. The zero-order valence-corrected chi connectivity index (χ0v) is 20.0. The summed E-state index contributed by atoms with van der Waals surface area (Å²) in [6, 6.07) is 16.2. The van der Waals surface area contributed by atoms with Crippen LogP contribution in [0.1, 0.15) is 15.9 Å². The number of nitrogens with zero attached hydrogens (tertiary/aromatic N) is 1. The summed E-state index contributed by atoms with van der Waals surface area (Å²) in [6.45, 7) is -0.314. The molecule has 0 heterocycles. The highest BCUT2D eigenvalue weighted by Gasteiger charge is 2.14. The van der Waals surface area contributed by atoms with Gasteiger partial charge in [-0.05, 0) is 48.5 Å². The van der Waals surface area contributed by atoms with Crippen molar-refractivity contribution in [3.05, 3.63) is 91.3 Å². The fourth-order valence-corrected chi connectivity index (χ4v) is 3.49. The van der Waals surface area contributed by atoms with E-state index in [1.165, 1.54) is 12.3 Å².